The first-order chi connectivity index (χ1) is 15.2. The highest BCUT2D eigenvalue weighted by Gasteiger charge is 2.48. The number of imidazole rings is 1. The van der Waals surface area contributed by atoms with Gasteiger partial charge < -0.3 is 35.8 Å². The zero-order chi connectivity index (χ0) is 23.0. The zero-order valence-electron chi connectivity index (χ0n) is 16.3. The van der Waals surface area contributed by atoms with Crippen molar-refractivity contribution in [2.45, 2.75) is 24.5 Å². The van der Waals surface area contributed by atoms with E-state index in [9.17, 15) is 14.5 Å². The van der Waals surface area contributed by atoms with Crippen LogP contribution in [0.2, 0.25) is 0 Å². The molecule has 1 saturated heterocycles. The molecular weight excluding hydrogens is 447 g/mol. The van der Waals surface area contributed by atoms with E-state index in [1.807, 2.05) is 0 Å². The highest BCUT2D eigenvalue weighted by molar-refractivity contribution is 7.46. The molecule has 0 bridgehead atoms. The molecule has 1 aliphatic heterocycles. The van der Waals surface area contributed by atoms with E-state index in [4.69, 9.17) is 30.7 Å². The summed E-state index contributed by atoms with van der Waals surface area (Å²) in [5.41, 5.74) is 12.3. The van der Waals surface area contributed by atoms with Crippen LogP contribution >= 0.6 is 7.82 Å². The Morgan fingerprint density at radius 1 is 1.22 bits per heavy atom. The van der Waals surface area contributed by atoms with Crippen molar-refractivity contribution in [3.8, 4) is 0 Å². The summed E-state index contributed by atoms with van der Waals surface area (Å²) in [5, 5.41) is 10.9. The van der Waals surface area contributed by atoms with Gasteiger partial charge in [-0.2, -0.15) is 0 Å². The molecule has 0 unspecified atom stereocenters. The van der Waals surface area contributed by atoms with E-state index in [0.717, 1.165) is 0 Å². The Morgan fingerprint density at radius 2 is 1.97 bits per heavy atom. The predicted molar refractivity (Wildman–Crippen MR) is 108 cm³/mol. The van der Waals surface area contributed by atoms with Crippen molar-refractivity contribution in [2.75, 3.05) is 18.1 Å². The van der Waals surface area contributed by atoms with Crippen molar-refractivity contribution < 1.29 is 38.3 Å². The molecular formula is C17H19N6O8P. The van der Waals surface area contributed by atoms with Crippen LogP contribution in [-0.4, -0.2) is 65.3 Å². The van der Waals surface area contributed by atoms with Crippen LogP contribution in [0.25, 0.3) is 11.2 Å². The SMILES string of the molecule is Nc1ccccc1C(=O)O[C@H]1[C@@H](O)[C@H](n2cnc3c(N)ncnc32)O[C@@H]1COP(=O)(O)O. The highest BCUT2D eigenvalue weighted by Crippen LogP contribution is 2.39. The van der Waals surface area contributed by atoms with E-state index in [-0.39, 0.29) is 28.2 Å². The van der Waals surface area contributed by atoms with Crippen LogP contribution in [0.5, 0.6) is 0 Å². The van der Waals surface area contributed by atoms with Crippen LogP contribution in [0.3, 0.4) is 0 Å². The number of ether oxygens (including phenoxy) is 2. The van der Waals surface area contributed by atoms with Crippen LogP contribution in [-0.2, 0) is 18.6 Å². The summed E-state index contributed by atoms with van der Waals surface area (Å²) >= 11 is 0. The maximum atomic E-state index is 12.6. The fraction of sp³-hybridized carbons (Fsp3) is 0.294. The monoisotopic (exact) mass is 466 g/mol. The van der Waals surface area contributed by atoms with Gasteiger partial charge in [0.2, 0.25) is 0 Å². The van der Waals surface area contributed by atoms with Gasteiger partial charge in [-0.15, -0.1) is 0 Å². The standard InChI is InChI=1S/C17H19N6O8P/c18-9-4-2-1-3-8(9)17(25)31-13-10(5-29-32(26,27)28)30-16(12(13)24)23-7-22-11-14(19)20-6-21-15(11)23/h1-4,6-7,10,12-13,16,24H,5,18H2,(H2,19,20,21)(H2,26,27,28)/t10-,12-,13-,16-/m1/s1. The Hall–Kier alpha value is -3.13. The van der Waals surface area contributed by atoms with E-state index < -0.39 is 44.9 Å². The number of phosphoric acid groups is 1. The lowest BCUT2D eigenvalue weighted by Gasteiger charge is -2.21. The fourth-order valence-electron chi connectivity index (χ4n) is 3.33. The number of esters is 1. The number of benzene rings is 1. The van der Waals surface area contributed by atoms with E-state index in [0.29, 0.717) is 0 Å². The summed E-state index contributed by atoms with van der Waals surface area (Å²) in [7, 11) is -4.87. The summed E-state index contributed by atoms with van der Waals surface area (Å²) in [6.07, 6.45) is -2.79. The molecule has 4 rings (SSSR count). The van der Waals surface area contributed by atoms with Crippen LogP contribution in [0, 0.1) is 0 Å². The molecule has 0 spiro atoms. The van der Waals surface area contributed by atoms with Gasteiger partial charge in [-0.3, -0.25) is 9.09 Å². The second-order valence-corrected chi connectivity index (χ2v) is 8.12. The Morgan fingerprint density at radius 3 is 2.69 bits per heavy atom. The van der Waals surface area contributed by atoms with Crippen molar-refractivity contribution in [3.63, 3.8) is 0 Å². The van der Waals surface area contributed by atoms with Crippen molar-refractivity contribution in [1.29, 1.82) is 0 Å². The quantitative estimate of drug-likeness (QED) is 0.177. The second kappa shape index (κ2) is 8.43. The van der Waals surface area contributed by atoms with Gasteiger partial charge in [-0.1, -0.05) is 12.1 Å². The minimum atomic E-state index is -4.87. The molecule has 1 aromatic carbocycles. The van der Waals surface area contributed by atoms with Crippen LogP contribution < -0.4 is 11.5 Å². The number of phosphoric ester groups is 1. The van der Waals surface area contributed by atoms with Crippen molar-refractivity contribution in [3.05, 3.63) is 42.5 Å². The van der Waals surface area contributed by atoms with E-state index in [2.05, 4.69) is 19.5 Å². The molecule has 0 aliphatic carbocycles. The number of para-hydroxylation sites is 1. The van der Waals surface area contributed by atoms with E-state index >= 15 is 0 Å². The predicted octanol–water partition coefficient (Wildman–Crippen LogP) is -0.416. The number of fused-ring (bicyclic) bond motifs is 1. The Bertz CT molecular complexity index is 1200. The maximum Gasteiger partial charge on any atom is 0.469 e. The average Bonchev–Trinajstić information content (AvgIpc) is 3.29. The first-order valence-corrected chi connectivity index (χ1v) is 10.7. The molecule has 15 heteroatoms. The third-order valence-electron chi connectivity index (χ3n) is 4.80. The molecule has 32 heavy (non-hydrogen) atoms. The average molecular weight is 466 g/mol. The van der Waals surface area contributed by atoms with Gasteiger partial charge >= 0.3 is 13.8 Å². The molecule has 0 amide bonds. The lowest BCUT2D eigenvalue weighted by Crippen LogP contribution is -2.38. The number of hydrogen-bond donors (Lipinski definition) is 5. The minimum Gasteiger partial charge on any atom is -0.453 e. The van der Waals surface area contributed by atoms with E-state index in [1.54, 1.807) is 12.1 Å². The molecule has 0 radical (unpaired) electrons. The summed E-state index contributed by atoms with van der Waals surface area (Å²) < 4.78 is 28.2. The summed E-state index contributed by atoms with van der Waals surface area (Å²) in [6.45, 7) is -0.677. The van der Waals surface area contributed by atoms with Gasteiger partial charge in [0, 0.05) is 5.69 Å². The third-order valence-corrected chi connectivity index (χ3v) is 5.29. The number of nitrogens with zero attached hydrogens (tertiary/aromatic N) is 4. The van der Waals surface area contributed by atoms with Gasteiger partial charge in [-0.25, -0.2) is 24.3 Å². The molecule has 0 saturated carbocycles. The lowest BCUT2D eigenvalue weighted by molar-refractivity contribution is -0.0521. The Kier molecular flexibility index (Phi) is 5.81. The Balaban J connectivity index is 1.64. The first kappa shape index (κ1) is 22.1. The second-order valence-electron chi connectivity index (χ2n) is 6.88. The van der Waals surface area contributed by atoms with Crippen molar-refractivity contribution in [1.82, 2.24) is 19.5 Å². The molecule has 1 aliphatic rings. The van der Waals surface area contributed by atoms with Gasteiger partial charge in [0.25, 0.3) is 0 Å². The molecule has 3 aromatic rings. The number of nitrogens with two attached hydrogens (primary N) is 2. The summed E-state index contributed by atoms with van der Waals surface area (Å²) in [4.78, 5) is 42.7. The summed E-state index contributed by atoms with van der Waals surface area (Å²) in [6, 6.07) is 6.14. The van der Waals surface area contributed by atoms with Crippen LogP contribution in [0.4, 0.5) is 11.5 Å². The number of aliphatic hydroxyl groups excluding tert-OH is 1. The number of nitrogen functional groups attached to an aromatic ring is 2. The van der Waals surface area contributed by atoms with Gasteiger partial charge in [0.1, 0.15) is 24.1 Å². The molecule has 1 fully saturated rings. The normalized spacial score (nSPS) is 23.5. The first-order valence-electron chi connectivity index (χ1n) is 9.18. The van der Waals surface area contributed by atoms with Crippen molar-refractivity contribution >= 4 is 36.5 Å². The minimum absolute atomic E-state index is 0.0476. The van der Waals surface area contributed by atoms with Gasteiger partial charge in [0.05, 0.1) is 18.5 Å². The van der Waals surface area contributed by atoms with Gasteiger partial charge in [0.15, 0.2) is 23.8 Å². The molecule has 4 atom stereocenters. The fourth-order valence-corrected chi connectivity index (χ4v) is 3.67. The molecule has 2 aromatic heterocycles. The number of rotatable bonds is 6. The zero-order valence-corrected chi connectivity index (χ0v) is 17.1. The third kappa shape index (κ3) is 4.27. The number of anilines is 2. The molecule has 3 heterocycles. The van der Waals surface area contributed by atoms with E-state index in [1.165, 1.54) is 29.4 Å². The topological polar surface area (TPSA) is 218 Å². The van der Waals surface area contributed by atoms with Crippen molar-refractivity contribution in [2.24, 2.45) is 0 Å². The Labute approximate surface area is 180 Å². The number of aliphatic hydroxyl groups is 1. The highest BCUT2D eigenvalue weighted by atomic mass is 31.2. The summed E-state index contributed by atoms with van der Waals surface area (Å²) in [5.74, 6) is -0.759. The molecule has 14 nitrogen and oxygen atoms in total. The lowest BCUT2D eigenvalue weighted by atomic mass is 10.1. The van der Waals surface area contributed by atoms with Crippen LogP contribution in [0.1, 0.15) is 16.6 Å². The molecule has 7 N–H and O–H groups in total. The smallest absolute Gasteiger partial charge is 0.453 e. The number of carbonyl (C=O) groups excluding carboxylic acids is 1. The number of aromatic nitrogens is 4. The number of carbonyl (C=O) groups is 1. The largest absolute Gasteiger partial charge is 0.469 e. The van der Waals surface area contributed by atoms with Crippen LogP contribution in [0.15, 0.2) is 36.9 Å². The molecule has 170 valence electrons. The number of hydrogen-bond acceptors (Lipinski definition) is 11. The van der Waals surface area contributed by atoms with Gasteiger partial charge in [-0.05, 0) is 12.1 Å². The maximum absolute atomic E-state index is 12.6.